The number of ether oxygens (including phenoxy) is 2. The fraction of sp³-hybridized carbons (Fsp3) is 0.400. The van der Waals surface area contributed by atoms with Gasteiger partial charge in [0, 0.05) is 6.54 Å². The van der Waals surface area contributed by atoms with Crippen LogP contribution in [-0.2, 0) is 11.3 Å². The van der Waals surface area contributed by atoms with E-state index in [2.05, 4.69) is 0 Å². The van der Waals surface area contributed by atoms with Crippen molar-refractivity contribution in [3.63, 3.8) is 0 Å². The van der Waals surface area contributed by atoms with E-state index in [4.69, 9.17) is 15.2 Å². The molecule has 3 nitrogen and oxygen atoms in total. The summed E-state index contributed by atoms with van der Waals surface area (Å²) in [4.78, 5) is 0. The van der Waals surface area contributed by atoms with Crippen LogP contribution < -0.4 is 10.5 Å². The summed E-state index contributed by atoms with van der Waals surface area (Å²) in [6.07, 6.45) is 0. The van der Waals surface area contributed by atoms with Gasteiger partial charge in [-0.3, -0.25) is 0 Å². The van der Waals surface area contributed by atoms with Crippen LogP contribution in [0.4, 0.5) is 0 Å². The largest absolute Gasteiger partial charge is 0.497 e. The first kappa shape index (κ1) is 13.2. The van der Waals surface area contributed by atoms with Gasteiger partial charge in [-0.25, -0.2) is 0 Å². The fourth-order valence-corrected chi connectivity index (χ4v) is 1.04. The molecular weight excluding hydrogens is 202 g/mol. The van der Waals surface area contributed by atoms with Crippen molar-refractivity contribution in [3.8, 4) is 5.75 Å². The van der Waals surface area contributed by atoms with Crippen molar-refractivity contribution in [1.82, 2.24) is 0 Å². The van der Waals surface area contributed by atoms with Crippen molar-refractivity contribution in [2.24, 2.45) is 5.73 Å². The highest BCUT2D eigenvalue weighted by Gasteiger charge is 1.94. The molecule has 0 saturated heterocycles. The van der Waals surface area contributed by atoms with Crippen LogP contribution in [0.25, 0.3) is 0 Å². The number of nitrogens with two attached hydrogens (primary N) is 1. The molecule has 1 aromatic carbocycles. The van der Waals surface area contributed by atoms with Crippen molar-refractivity contribution in [2.45, 2.75) is 6.61 Å². The summed E-state index contributed by atoms with van der Waals surface area (Å²) in [5.41, 5.74) is 6.40. The highest BCUT2D eigenvalue weighted by Crippen LogP contribution is 2.12. The molecule has 0 aromatic heterocycles. The number of benzene rings is 1. The quantitative estimate of drug-likeness (QED) is 0.762. The Kier molecular flexibility index (Phi) is 7.20. The van der Waals surface area contributed by atoms with Crippen molar-refractivity contribution in [2.75, 3.05) is 20.3 Å². The van der Waals surface area contributed by atoms with Crippen molar-refractivity contribution >= 4 is 12.4 Å². The molecule has 80 valence electrons. The Balaban J connectivity index is 0.00000169. The molecule has 0 aliphatic heterocycles. The molecule has 0 unspecified atom stereocenters. The molecule has 0 fully saturated rings. The Bertz CT molecular complexity index is 256. The van der Waals surface area contributed by atoms with Gasteiger partial charge in [0.1, 0.15) is 5.75 Å². The van der Waals surface area contributed by atoms with Gasteiger partial charge in [-0.1, -0.05) is 12.1 Å². The zero-order chi connectivity index (χ0) is 9.52. The van der Waals surface area contributed by atoms with E-state index >= 15 is 0 Å². The lowest BCUT2D eigenvalue weighted by molar-refractivity contribution is 0.128. The average Bonchev–Trinajstić information content (AvgIpc) is 2.19. The predicted octanol–water partition coefficient (Wildman–Crippen LogP) is 1.59. The Morgan fingerprint density at radius 1 is 1.36 bits per heavy atom. The van der Waals surface area contributed by atoms with Crippen LogP contribution in [0.15, 0.2) is 24.3 Å². The van der Waals surface area contributed by atoms with E-state index in [0.29, 0.717) is 19.8 Å². The highest BCUT2D eigenvalue weighted by atomic mass is 35.5. The Morgan fingerprint density at radius 2 is 2.14 bits per heavy atom. The normalized spacial score (nSPS) is 9.29. The van der Waals surface area contributed by atoms with Crippen molar-refractivity contribution < 1.29 is 9.47 Å². The summed E-state index contributed by atoms with van der Waals surface area (Å²) >= 11 is 0. The maximum atomic E-state index is 5.30. The average molecular weight is 218 g/mol. The van der Waals surface area contributed by atoms with E-state index in [1.165, 1.54) is 0 Å². The van der Waals surface area contributed by atoms with Crippen LogP contribution in [0, 0.1) is 0 Å². The van der Waals surface area contributed by atoms with Gasteiger partial charge in [0.25, 0.3) is 0 Å². The van der Waals surface area contributed by atoms with Gasteiger partial charge in [0.05, 0.1) is 20.3 Å². The predicted molar refractivity (Wildman–Crippen MR) is 59.0 cm³/mol. The number of methoxy groups -OCH3 is 1. The smallest absolute Gasteiger partial charge is 0.119 e. The highest BCUT2D eigenvalue weighted by molar-refractivity contribution is 5.85. The second-order valence-corrected chi connectivity index (χ2v) is 2.69. The van der Waals surface area contributed by atoms with E-state index in [1.807, 2.05) is 24.3 Å². The minimum Gasteiger partial charge on any atom is -0.497 e. The molecule has 1 rings (SSSR count). The summed E-state index contributed by atoms with van der Waals surface area (Å²) in [6.45, 7) is 1.75. The van der Waals surface area contributed by atoms with E-state index in [1.54, 1.807) is 7.11 Å². The van der Waals surface area contributed by atoms with E-state index < -0.39 is 0 Å². The molecule has 0 bridgehead atoms. The molecule has 0 saturated carbocycles. The fourth-order valence-electron chi connectivity index (χ4n) is 1.04. The van der Waals surface area contributed by atoms with Crippen molar-refractivity contribution in [3.05, 3.63) is 29.8 Å². The molecule has 0 aliphatic rings. The third kappa shape index (κ3) is 4.46. The molecular formula is C10H16ClNO2. The number of rotatable bonds is 5. The lowest BCUT2D eigenvalue weighted by Crippen LogP contribution is -2.08. The first-order valence-electron chi connectivity index (χ1n) is 4.27. The molecule has 1 aromatic rings. The van der Waals surface area contributed by atoms with Crippen LogP contribution in [0.5, 0.6) is 5.75 Å². The first-order chi connectivity index (χ1) is 6.36. The topological polar surface area (TPSA) is 44.5 Å². The Morgan fingerprint density at radius 3 is 2.79 bits per heavy atom. The minimum atomic E-state index is 0. The van der Waals surface area contributed by atoms with Crippen LogP contribution in [0.2, 0.25) is 0 Å². The second-order valence-electron chi connectivity index (χ2n) is 2.69. The zero-order valence-electron chi connectivity index (χ0n) is 8.23. The first-order valence-corrected chi connectivity index (χ1v) is 4.27. The van der Waals surface area contributed by atoms with E-state index in [-0.39, 0.29) is 12.4 Å². The SMILES string of the molecule is COc1cccc(COCCN)c1.Cl. The van der Waals surface area contributed by atoms with E-state index in [9.17, 15) is 0 Å². The second kappa shape index (κ2) is 7.62. The summed E-state index contributed by atoms with van der Waals surface area (Å²) in [6, 6.07) is 7.81. The van der Waals surface area contributed by atoms with Gasteiger partial charge in [0.2, 0.25) is 0 Å². The summed E-state index contributed by atoms with van der Waals surface area (Å²) in [7, 11) is 1.65. The molecule has 0 atom stereocenters. The molecule has 0 amide bonds. The molecule has 14 heavy (non-hydrogen) atoms. The van der Waals surface area contributed by atoms with Gasteiger partial charge in [-0.2, -0.15) is 0 Å². The zero-order valence-corrected chi connectivity index (χ0v) is 9.05. The van der Waals surface area contributed by atoms with Gasteiger partial charge >= 0.3 is 0 Å². The van der Waals surface area contributed by atoms with Crippen LogP contribution in [0.3, 0.4) is 0 Å². The minimum absolute atomic E-state index is 0. The monoisotopic (exact) mass is 217 g/mol. The molecule has 2 N–H and O–H groups in total. The maximum absolute atomic E-state index is 5.30. The number of halogens is 1. The molecule has 0 spiro atoms. The van der Waals surface area contributed by atoms with Gasteiger partial charge in [-0.05, 0) is 17.7 Å². The van der Waals surface area contributed by atoms with Gasteiger partial charge in [0.15, 0.2) is 0 Å². The molecule has 0 aliphatic carbocycles. The lowest BCUT2D eigenvalue weighted by atomic mass is 10.2. The van der Waals surface area contributed by atoms with Crippen molar-refractivity contribution in [1.29, 1.82) is 0 Å². The third-order valence-corrected chi connectivity index (χ3v) is 1.67. The number of hydrogen-bond acceptors (Lipinski definition) is 3. The maximum Gasteiger partial charge on any atom is 0.119 e. The van der Waals surface area contributed by atoms with Crippen LogP contribution in [-0.4, -0.2) is 20.3 Å². The lowest BCUT2D eigenvalue weighted by Gasteiger charge is -2.04. The third-order valence-electron chi connectivity index (χ3n) is 1.67. The molecule has 0 heterocycles. The number of hydrogen-bond donors (Lipinski definition) is 1. The standard InChI is InChI=1S/C10H15NO2.ClH/c1-12-10-4-2-3-9(7-10)8-13-6-5-11;/h2-4,7H,5-6,8,11H2,1H3;1H. The van der Waals surface area contributed by atoms with E-state index in [0.717, 1.165) is 11.3 Å². The van der Waals surface area contributed by atoms with Gasteiger partial charge in [-0.15, -0.1) is 12.4 Å². The van der Waals surface area contributed by atoms with Gasteiger partial charge < -0.3 is 15.2 Å². The molecule has 4 heteroatoms. The molecule has 0 radical (unpaired) electrons. The summed E-state index contributed by atoms with van der Waals surface area (Å²) in [5, 5.41) is 0. The van der Waals surface area contributed by atoms with Crippen LogP contribution in [0.1, 0.15) is 5.56 Å². The Hall–Kier alpha value is -0.770. The summed E-state index contributed by atoms with van der Waals surface area (Å²) < 4.78 is 10.4. The summed E-state index contributed by atoms with van der Waals surface area (Å²) in [5.74, 6) is 0.855. The Labute approximate surface area is 90.6 Å². The van der Waals surface area contributed by atoms with Crippen LogP contribution >= 0.6 is 12.4 Å².